The number of nitrogens with zero attached hydrogens (tertiary/aromatic N) is 1. The predicted molar refractivity (Wildman–Crippen MR) is 114 cm³/mol. The normalized spacial score (nSPS) is 13.2. The fourth-order valence-corrected chi connectivity index (χ4v) is 3.01. The minimum Gasteiger partial charge on any atom is -0.465 e. The van der Waals surface area contributed by atoms with Crippen LogP contribution in [0.1, 0.15) is 37.9 Å². The molecule has 1 heterocycles. The second kappa shape index (κ2) is 11.6. The number of aryl methyl sites for hydroxylation is 1. The number of nitrogens with one attached hydrogen (secondary N) is 2. The Balaban J connectivity index is 2.10. The van der Waals surface area contributed by atoms with E-state index >= 15 is 0 Å². The van der Waals surface area contributed by atoms with Crippen LogP contribution in [0, 0.1) is 5.92 Å². The summed E-state index contributed by atoms with van der Waals surface area (Å²) >= 11 is 0. The Morgan fingerprint density at radius 3 is 2.41 bits per heavy atom. The van der Waals surface area contributed by atoms with Crippen LogP contribution in [-0.4, -0.2) is 34.2 Å². The zero-order valence-corrected chi connectivity index (χ0v) is 16.9. The topological polar surface area (TPSA) is 91.3 Å². The van der Waals surface area contributed by atoms with E-state index in [0.717, 1.165) is 12.1 Å². The molecule has 0 fully saturated rings. The highest BCUT2D eigenvalue weighted by molar-refractivity contribution is 5.85. The summed E-state index contributed by atoms with van der Waals surface area (Å²) in [6.45, 7) is 3.91. The largest absolute Gasteiger partial charge is 0.465 e. The molecule has 0 aliphatic rings. The van der Waals surface area contributed by atoms with Crippen molar-refractivity contribution in [1.82, 2.24) is 15.6 Å². The molecule has 154 valence electrons. The van der Waals surface area contributed by atoms with Crippen molar-refractivity contribution in [3.63, 3.8) is 0 Å². The Morgan fingerprint density at radius 1 is 1.07 bits per heavy atom. The number of carbonyl (C=O) groups excluding carboxylic acids is 1. The Morgan fingerprint density at radius 2 is 1.79 bits per heavy atom. The van der Waals surface area contributed by atoms with Gasteiger partial charge < -0.3 is 15.7 Å². The molecule has 0 unspecified atom stereocenters. The number of carboxylic acid groups (broad SMARTS) is 1. The molecule has 0 aliphatic heterocycles. The zero-order chi connectivity index (χ0) is 21.1. The van der Waals surface area contributed by atoms with Gasteiger partial charge in [-0.3, -0.25) is 9.78 Å². The van der Waals surface area contributed by atoms with Crippen LogP contribution >= 0.6 is 0 Å². The smallest absolute Gasteiger partial charge is 0.405 e. The standard InChI is InChI=1S/C23H29N3O3/c1-17(2)16-21(26-23(28)29)22(27)25-20(12-11-18-8-4-3-5-9-18)14-13-19-10-6-7-15-24-19/h3-10,13-15,17,20-21,26H,11-12,16H2,1-2H3,(H,25,27)(H,28,29)/b14-13+/t20-,21-/m0/s1. The van der Waals surface area contributed by atoms with Crippen molar-refractivity contribution in [3.8, 4) is 0 Å². The van der Waals surface area contributed by atoms with Crippen molar-refractivity contribution in [2.45, 2.75) is 45.2 Å². The Hall–Kier alpha value is -3.15. The summed E-state index contributed by atoms with van der Waals surface area (Å²) in [4.78, 5) is 28.1. The number of rotatable bonds is 10. The summed E-state index contributed by atoms with van der Waals surface area (Å²) in [6, 6.07) is 14.7. The maximum atomic E-state index is 12.8. The second-order valence-electron chi connectivity index (χ2n) is 7.38. The van der Waals surface area contributed by atoms with Crippen LogP contribution < -0.4 is 10.6 Å². The number of hydrogen-bond acceptors (Lipinski definition) is 3. The van der Waals surface area contributed by atoms with Gasteiger partial charge >= 0.3 is 6.09 Å². The molecule has 3 N–H and O–H groups in total. The quantitative estimate of drug-likeness (QED) is 0.569. The zero-order valence-electron chi connectivity index (χ0n) is 16.9. The van der Waals surface area contributed by atoms with Crippen LogP contribution in [0.25, 0.3) is 6.08 Å². The number of pyridine rings is 1. The van der Waals surface area contributed by atoms with Crippen molar-refractivity contribution in [2.24, 2.45) is 5.92 Å². The maximum absolute atomic E-state index is 12.8. The van der Waals surface area contributed by atoms with Gasteiger partial charge in [-0.2, -0.15) is 0 Å². The fourth-order valence-electron chi connectivity index (χ4n) is 3.01. The summed E-state index contributed by atoms with van der Waals surface area (Å²) in [5, 5.41) is 14.4. The van der Waals surface area contributed by atoms with Crippen molar-refractivity contribution in [2.75, 3.05) is 0 Å². The molecular weight excluding hydrogens is 366 g/mol. The van der Waals surface area contributed by atoms with E-state index in [0.29, 0.717) is 12.8 Å². The van der Waals surface area contributed by atoms with E-state index in [2.05, 4.69) is 27.8 Å². The monoisotopic (exact) mass is 395 g/mol. The highest BCUT2D eigenvalue weighted by atomic mass is 16.4. The van der Waals surface area contributed by atoms with Gasteiger partial charge in [0.1, 0.15) is 6.04 Å². The summed E-state index contributed by atoms with van der Waals surface area (Å²) in [5.41, 5.74) is 1.98. The maximum Gasteiger partial charge on any atom is 0.405 e. The van der Waals surface area contributed by atoms with E-state index in [1.54, 1.807) is 6.20 Å². The van der Waals surface area contributed by atoms with Crippen molar-refractivity contribution < 1.29 is 14.7 Å². The lowest BCUT2D eigenvalue weighted by Gasteiger charge is -2.22. The Labute approximate surface area is 172 Å². The molecule has 0 radical (unpaired) electrons. The van der Waals surface area contributed by atoms with E-state index in [1.807, 2.05) is 62.4 Å². The molecule has 0 spiro atoms. The molecular formula is C23H29N3O3. The van der Waals surface area contributed by atoms with Gasteiger partial charge in [-0.05, 0) is 49.0 Å². The molecule has 0 bridgehead atoms. The molecule has 1 aromatic carbocycles. The van der Waals surface area contributed by atoms with E-state index in [-0.39, 0.29) is 17.9 Å². The van der Waals surface area contributed by atoms with Gasteiger partial charge in [0.15, 0.2) is 0 Å². The molecule has 2 atom stereocenters. The lowest BCUT2D eigenvalue weighted by molar-refractivity contribution is -0.123. The molecule has 2 amide bonds. The SMILES string of the molecule is CC(C)C[C@H](NC(=O)O)C(=O)N[C@H](/C=C/c1ccccn1)CCc1ccccc1. The van der Waals surface area contributed by atoms with Crippen LogP contribution in [0.3, 0.4) is 0 Å². The molecule has 1 aromatic heterocycles. The van der Waals surface area contributed by atoms with Crippen LogP contribution in [0.5, 0.6) is 0 Å². The van der Waals surface area contributed by atoms with Gasteiger partial charge in [-0.15, -0.1) is 0 Å². The van der Waals surface area contributed by atoms with Crippen molar-refractivity contribution in [1.29, 1.82) is 0 Å². The van der Waals surface area contributed by atoms with Crippen molar-refractivity contribution in [3.05, 3.63) is 72.1 Å². The number of carbonyl (C=O) groups is 2. The Kier molecular flexibility index (Phi) is 8.89. The van der Waals surface area contributed by atoms with Gasteiger partial charge in [0.2, 0.25) is 5.91 Å². The van der Waals surface area contributed by atoms with E-state index in [9.17, 15) is 9.59 Å². The second-order valence-corrected chi connectivity index (χ2v) is 7.38. The lowest BCUT2D eigenvalue weighted by atomic mass is 10.0. The third-order valence-corrected chi connectivity index (χ3v) is 4.42. The molecule has 0 saturated heterocycles. The van der Waals surface area contributed by atoms with Crippen LogP contribution in [0.4, 0.5) is 4.79 Å². The number of benzene rings is 1. The van der Waals surface area contributed by atoms with Gasteiger partial charge in [0.25, 0.3) is 0 Å². The summed E-state index contributed by atoms with van der Waals surface area (Å²) in [5.74, 6) is -0.130. The Bertz CT molecular complexity index is 792. The van der Waals surface area contributed by atoms with Crippen LogP contribution in [0.2, 0.25) is 0 Å². The highest BCUT2D eigenvalue weighted by Crippen LogP contribution is 2.10. The number of amides is 2. The van der Waals surface area contributed by atoms with Gasteiger partial charge in [0.05, 0.1) is 5.69 Å². The highest BCUT2D eigenvalue weighted by Gasteiger charge is 2.23. The molecule has 0 aliphatic carbocycles. The predicted octanol–water partition coefficient (Wildman–Crippen LogP) is 3.89. The van der Waals surface area contributed by atoms with E-state index < -0.39 is 12.1 Å². The third kappa shape index (κ3) is 8.60. The van der Waals surface area contributed by atoms with E-state index in [4.69, 9.17) is 5.11 Å². The fraction of sp³-hybridized carbons (Fsp3) is 0.348. The third-order valence-electron chi connectivity index (χ3n) is 4.42. The first-order valence-electron chi connectivity index (χ1n) is 9.87. The lowest BCUT2D eigenvalue weighted by Crippen LogP contribution is -2.49. The summed E-state index contributed by atoms with van der Waals surface area (Å²) in [7, 11) is 0. The van der Waals surface area contributed by atoms with Crippen LogP contribution in [0.15, 0.2) is 60.8 Å². The first kappa shape index (κ1) is 22.1. The number of aromatic nitrogens is 1. The molecule has 2 aromatic rings. The van der Waals surface area contributed by atoms with Crippen molar-refractivity contribution >= 4 is 18.1 Å². The van der Waals surface area contributed by atoms with Gasteiger partial charge in [0, 0.05) is 12.2 Å². The minimum absolute atomic E-state index is 0.185. The summed E-state index contributed by atoms with van der Waals surface area (Å²) in [6.07, 6.45) is 6.23. The average Bonchev–Trinajstić information content (AvgIpc) is 2.70. The first-order chi connectivity index (χ1) is 13.9. The van der Waals surface area contributed by atoms with Gasteiger partial charge in [-0.1, -0.05) is 56.3 Å². The van der Waals surface area contributed by atoms with E-state index in [1.165, 1.54) is 5.56 Å². The number of hydrogen-bond donors (Lipinski definition) is 3. The minimum atomic E-state index is -1.20. The molecule has 29 heavy (non-hydrogen) atoms. The first-order valence-corrected chi connectivity index (χ1v) is 9.87. The average molecular weight is 396 g/mol. The molecule has 6 heteroatoms. The van der Waals surface area contributed by atoms with Crippen LogP contribution in [-0.2, 0) is 11.2 Å². The molecule has 2 rings (SSSR count). The van der Waals surface area contributed by atoms with Gasteiger partial charge in [-0.25, -0.2) is 4.79 Å². The molecule has 0 saturated carbocycles. The summed E-state index contributed by atoms with van der Waals surface area (Å²) < 4.78 is 0. The molecule has 6 nitrogen and oxygen atoms in total.